The van der Waals surface area contributed by atoms with Gasteiger partial charge in [-0.15, -0.1) is 0 Å². The SMILES string of the molecule is CCCCCCCCCCCCCC/C=C/[C@@H](O)[C@H](COP(=O)(O)O)NC(=O)CCCCCCCCCCCCC. The van der Waals surface area contributed by atoms with Gasteiger partial charge in [-0.1, -0.05) is 161 Å². The van der Waals surface area contributed by atoms with Gasteiger partial charge in [0, 0.05) is 6.42 Å². The van der Waals surface area contributed by atoms with Crippen LogP contribution in [0.3, 0.4) is 0 Å². The third-order valence-corrected chi connectivity index (χ3v) is 8.23. The van der Waals surface area contributed by atoms with Crippen LogP contribution in [0.25, 0.3) is 0 Å². The van der Waals surface area contributed by atoms with Gasteiger partial charge in [0.05, 0.1) is 18.8 Å². The van der Waals surface area contributed by atoms with Crippen LogP contribution >= 0.6 is 7.82 Å². The normalized spacial score (nSPS) is 13.6. The van der Waals surface area contributed by atoms with Crippen molar-refractivity contribution < 1.29 is 28.8 Å². The highest BCUT2D eigenvalue weighted by Gasteiger charge is 2.24. The molecule has 0 unspecified atom stereocenters. The minimum Gasteiger partial charge on any atom is -0.387 e. The molecule has 0 aromatic rings. The standard InChI is InChI=1S/C33H66NO6P/c1-3-5-7-9-11-13-15-16-17-19-20-22-24-26-28-32(35)31(30-40-41(37,38)39)34-33(36)29-27-25-23-21-18-14-12-10-8-6-4-2/h26,28,31-32,35H,3-25,27,29-30H2,1-2H3,(H,34,36)(H2,37,38,39)/b28-26+/t31-,32+/m0/s1. The van der Waals surface area contributed by atoms with Crippen molar-refractivity contribution in [3.63, 3.8) is 0 Å². The molecule has 0 saturated carbocycles. The summed E-state index contributed by atoms with van der Waals surface area (Å²) >= 11 is 0. The second-order valence-electron chi connectivity index (χ2n) is 11.8. The monoisotopic (exact) mass is 603 g/mol. The highest BCUT2D eigenvalue weighted by Crippen LogP contribution is 2.35. The first-order valence-electron chi connectivity index (χ1n) is 17.1. The lowest BCUT2D eigenvalue weighted by atomic mass is 10.0. The van der Waals surface area contributed by atoms with Crippen molar-refractivity contribution in [3.05, 3.63) is 12.2 Å². The molecule has 0 rings (SSSR count). The number of rotatable bonds is 31. The van der Waals surface area contributed by atoms with Gasteiger partial charge >= 0.3 is 7.82 Å². The molecule has 7 nitrogen and oxygen atoms in total. The van der Waals surface area contributed by atoms with Crippen LogP contribution < -0.4 is 5.32 Å². The van der Waals surface area contributed by atoms with Crippen LogP contribution in [0.2, 0.25) is 0 Å². The number of nitrogens with one attached hydrogen (secondary N) is 1. The van der Waals surface area contributed by atoms with E-state index in [2.05, 4.69) is 23.7 Å². The summed E-state index contributed by atoms with van der Waals surface area (Å²) in [7, 11) is -4.70. The van der Waals surface area contributed by atoms with E-state index in [1.165, 1.54) is 116 Å². The van der Waals surface area contributed by atoms with Gasteiger partial charge in [0.2, 0.25) is 5.91 Å². The average molecular weight is 604 g/mol. The maximum atomic E-state index is 12.4. The van der Waals surface area contributed by atoms with Crippen LogP contribution in [0.15, 0.2) is 12.2 Å². The van der Waals surface area contributed by atoms with Crippen LogP contribution in [-0.4, -0.2) is 39.6 Å². The molecule has 0 saturated heterocycles. The smallest absolute Gasteiger partial charge is 0.387 e. The number of allylic oxidation sites excluding steroid dienone is 1. The van der Waals surface area contributed by atoms with E-state index < -0.39 is 26.6 Å². The number of hydrogen-bond donors (Lipinski definition) is 4. The Morgan fingerprint density at radius 3 is 1.49 bits per heavy atom. The van der Waals surface area contributed by atoms with E-state index in [0.29, 0.717) is 6.42 Å². The maximum Gasteiger partial charge on any atom is 0.469 e. The van der Waals surface area contributed by atoms with Crippen molar-refractivity contribution in [2.24, 2.45) is 0 Å². The van der Waals surface area contributed by atoms with Gasteiger partial charge in [0.1, 0.15) is 0 Å². The molecular formula is C33H66NO6P. The predicted molar refractivity (Wildman–Crippen MR) is 172 cm³/mol. The highest BCUT2D eigenvalue weighted by molar-refractivity contribution is 7.46. The minimum atomic E-state index is -4.70. The molecule has 0 aromatic carbocycles. The molecule has 0 fully saturated rings. The Hall–Kier alpha value is -0.720. The summed E-state index contributed by atoms with van der Waals surface area (Å²) in [5, 5.41) is 13.3. The van der Waals surface area contributed by atoms with E-state index in [1.807, 2.05) is 6.08 Å². The Balaban J connectivity index is 4.09. The van der Waals surface area contributed by atoms with Crippen molar-refractivity contribution >= 4 is 13.7 Å². The summed E-state index contributed by atoms with van der Waals surface area (Å²) in [5.74, 6) is -0.228. The van der Waals surface area contributed by atoms with Crippen molar-refractivity contribution in [1.29, 1.82) is 0 Å². The number of aliphatic hydroxyl groups is 1. The Labute approximate surface area is 252 Å². The second kappa shape index (κ2) is 29.4. The zero-order valence-electron chi connectivity index (χ0n) is 26.7. The molecule has 0 aromatic heterocycles. The number of unbranched alkanes of at least 4 members (excludes halogenated alkanes) is 22. The van der Waals surface area contributed by atoms with E-state index in [1.54, 1.807) is 6.08 Å². The van der Waals surface area contributed by atoms with Crippen LogP contribution in [0.4, 0.5) is 0 Å². The number of phosphoric ester groups is 1. The summed E-state index contributed by atoms with van der Waals surface area (Å²) in [4.78, 5) is 30.6. The van der Waals surface area contributed by atoms with Gasteiger partial charge in [0.15, 0.2) is 0 Å². The molecule has 4 N–H and O–H groups in total. The van der Waals surface area contributed by atoms with E-state index in [9.17, 15) is 14.5 Å². The molecule has 0 radical (unpaired) electrons. The van der Waals surface area contributed by atoms with Crippen molar-refractivity contribution in [1.82, 2.24) is 5.32 Å². The molecule has 2 atom stereocenters. The van der Waals surface area contributed by atoms with Crippen LogP contribution in [0.1, 0.15) is 174 Å². The van der Waals surface area contributed by atoms with Gasteiger partial charge in [-0.05, 0) is 19.3 Å². The van der Waals surface area contributed by atoms with Crippen LogP contribution in [-0.2, 0) is 13.9 Å². The molecule has 0 spiro atoms. The molecule has 0 aliphatic carbocycles. The summed E-state index contributed by atoms with van der Waals surface area (Å²) in [5.41, 5.74) is 0. The quantitative estimate of drug-likeness (QED) is 0.0356. The first kappa shape index (κ1) is 40.3. The minimum absolute atomic E-state index is 0.228. The van der Waals surface area contributed by atoms with E-state index in [-0.39, 0.29) is 5.91 Å². The summed E-state index contributed by atoms with van der Waals surface area (Å²) < 4.78 is 15.8. The molecule has 0 aliphatic heterocycles. The largest absolute Gasteiger partial charge is 0.469 e. The van der Waals surface area contributed by atoms with Gasteiger partial charge in [0.25, 0.3) is 0 Å². The lowest BCUT2D eigenvalue weighted by Gasteiger charge is -2.22. The molecule has 41 heavy (non-hydrogen) atoms. The fourth-order valence-corrected chi connectivity index (χ4v) is 5.46. The Morgan fingerprint density at radius 1 is 0.683 bits per heavy atom. The average Bonchev–Trinajstić information content (AvgIpc) is 2.93. The number of carbonyl (C=O) groups is 1. The third kappa shape index (κ3) is 30.5. The lowest BCUT2D eigenvalue weighted by Crippen LogP contribution is -2.45. The molecule has 0 heterocycles. The predicted octanol–water partition coefficient (Wildman–Crippen LogP) is 9.29. The van der Waals surface area contributed by atoms with E-state index in [0.717, 1.165) is 38.5 Å². The zero-order valence-corrected chi connectivity index (χ0v) is 27.6. The topological polar surface area (TPSA) is 116 Å². The van der Waals surface area contributed by atoms with Gasteiger partial charge in [-0.25, -0.2) is 4.57 Å². The first-order valence-corrected chi connectivity index (χ1v) is 18.7. The second-order valence-corrected chi connectivity index (χ2v) is 13.1. The van der Waals surface area contributed by atoms with Gasteiger partial charge in [-0.3, -0.25) is 9.32 Å². The van der Waals surface area contributed by atoms with Crippen LogP contribution in [0.5, 0.6) is 0 Å². The van der Waals surface area contributed by atoms with Crippen molar-refractivity contribution in [3.8, 4) is 0 Å². The molecule has 1 amide bonds. The van der Waals surface area contributed by atoms with Crippen LogP contribution in [0, 0.1) is 0 Å². The summed E-state index contributed by atoms with van der Waals surface area (Å²) in [6, 6.07) is -0.902. The maximum absolute atomic E-state index is 12.4. The van der Waals surface area contributed by atoms with E-state index >= 15 is 0 Å². The lowest BCUT2D eigenvalue weighted by molar-refractivity contribution is -0.123. The number of amides is 1. The number of carbonyl (C=O) groups excluding carboxylic acids is 1. The van der Waals surface area contributed by atoms with Crippen molar-refractivity contribution in [2.45, 2.75) is 187 Å². The molecule has 244 valence electrons. The first-order chi connectivity index (χ1) is 19.8. The molecule has 8 heteroatoms. The van der Waals surface area contributed by atoms with Gasteiger partial charge in [-0.2, -0.15) is 0 Å². The Kier molecular flexibility index (Phi) is 28.8. The van der Waals surface area contributed by atoms with Gasteiger partial charge < -0.3 is 20.2 Å². The Morgan fingerprint density at radius 2 is 1.07 bits per heavy atom. The fourth-order valence-electron chi connectivity index (χ4n) is 5.10. The number of phosphoric acid groups is 1. The highest BCUT2D eigenvalue weighted by atomic mass is 31.2. The Bertz CT molecular complexity index is 654. The molecule has 0 bridgehead atoms. The molecular weight excluding hydrogens is 537 g/mol. The third-order valence-electron chi connectivity index (χ3n) is 7.75. The molecule has 0 aliphatic rings. The number of hydrogen-bond acceptors (Lipinski definition) is 4. The summed E-state index contributed by atoms with van der Waals surface area (Å²) in [6.07, 6.45) is 32.2. The van der Waals surface area contributed by atoms with Crippen molar-refractivity contribution in [2.75, 3.05) is 6.61 Å². The zero-order chi connectivity index (χ0) is 30.4. The summed E-state index contributed by atoms with van der Waals surface area (Å²) in [6.45, 7) is 4.04. The fraction of sp³-hybridized carbons (Fsp3) is 0.909. The van der Waals surface area contributed by atoms with E-state index in [4.69, 9.17) is 9.79 Å². The number of aliphatic hydroxyl groups excluding tert-OH is 1.